The Bertz CT molecular complexity index is 777. The first-order valence-electron chi connectivity index (χ1n) is 7.41. The number of carbonyl (C=O) groups excluding carboxylic acids is 1. The van der Waals surface area contributed by atoms with Gasteiger partial charge in [-0.1, -0.05) is 24.6 Å². The van der Waals surface area contributed by atoms with Crippen LogP contribution in [-0.2, 0) is 0 Å². The lowest BCUT2D eigenvalue weighted by Crippen LogP contribution is -2.15. The Balaban J connectivity index is 2.32. The summed E-state index contributed by atoms with van der Waals surface area (Å²) in [5, 5.41) is 14.2. The number of benzene rings is 2. The summed E-state index contributed by atoms with van der Waals surface area (Å²) in [6.45, 7) is 4.01. The second-order valence-corrected chi connectivity index (χ2v) is 5.59. The van der Waals surface area contributed by atoms with Crippen molar-refractivity contribution in [3.63, 3.8) is 0 Å². The summed E-state index contributed by atoms with van der Waals surface area (Å²) < 4.78 is 5.59. The minimum Gasteiger partial charge on any atom is -0.491 e. The molecule has 0 unspecified atom stereocenters. The lowest BCUT2D eigenvalue weighted by Gasteiger charge is -2.13. The third-order valence-electron chi connectivity index (χ3n) is 3.40. The van der Waals surface area contributed by atoms with Gasteiger partial charge in [0, 0.05) is 22.2 Å². The Morgan fingerprint density at radius 1 is 1.33 bits per heavy atom. The van der Waals surface area contributed by atoms with Crippen LogP contribution >= 0.6 is 11.6 Å². The summed E-state index contributed by atoms with van der Waals surface area (Å²) >= 11 is 5.98. The zero-order valence-electron chi connectivity index (χ0n) is 13.3. The molecule has 0 aliphatic carbocycles. The number of carbonyl (C=O) groups is 1. The monoisotopic (exact) mass is 348 g/mol. The van der Waals surface area contributed by atoms with Crippen molar-refractivity contribution in [3.05, 3.63) is 62.7 Å². The maximum atomic E-state index is 12.5. The number of nitrogens with one attached hydrogen (secondary N) is 1. The average molecular weight is 349 g/mol. The van der Waals surface area contributed by atoms with E-state index in [1.54, 1.807) is 25.1 Å². The molecular weight excluding hydrogens is 332 g/mol. The first kappa shape index (κ1) is 17.7. The highest BCUT2D eigenvalue weighted by molar-refractivity contribution is 6.31. The predicted molar refractivity (Wildman–Crippen MR) is 93.0 cm³/mol. The van der Waals surface area contributed by atoms with Gasteiger partial charge in [-0.2, -0.15) is 0 Å². The van der Waals surface area contributed by atoms with E-state index in [-0.39, 0.29) is 11.3 Å². The van der Waals surface area contributed by atoms with Crippen LogP contribution in [0.2, 0.25) is 5.02 Å². The van der Waals surface area contributed by atoms with E-state index in [1.165, 1.54) is 18.2 Å². The van der Waals surface area contributed by atoms with Gasteiger partial charge in [-0.25, -0.2) is 0 Å². The average Bonchev–Trinajstić information content (AvgIpc) is 2.54. The molecule has 2 aromatic rings. The summed E-state index contributed by atoms with van der Waals surface area (Å²) in [5.74, 6) is 0.0394. The number of halogens is 1. The molecule has 0 saturated carbocycles. The van der Waals surface area contributed by atoms with Crippen molar-refractivity contribution in [2.45, 2.75) is 20.3 Å². The molecule has 1 N–H and O–H groups in total. The molecule has 0 spiro atoms. The Morgan fingerprint density at radius 2 is 2.08 bits per heavy atom. The number of rotatable bonds is 6. The van der Waals surface area contributed by atoms with Crippen molar-refractivity contribution in [2.75, 3.05) is 11.9 Å². The smallest absolute Gasteiger partial charge is 0.273 e. The topological polar surface area (TPSA) is 81.5 Å². The molecule has 0 fully saturated rings. The summed E-state index contributed by atoms with van der Waals surface area (Å²) in [6.07, 6.45) is 0.819. The van der Waals surface area contributed by atoms with Crippen molar-refractivity contribution in [1.29, 1.82) is 0 Å². The highest BCUT2D eigenvalue weighted by Gasteiger charge is 2.19. The van der Waals surface area contributed by atoms with E-state index >= 15 is 0 Å². The third kappa shape index (κ3) is 4.02. The predicted octanol–water partition coefficient (Wildman–Crippen LogP) is 4.60. The normalized spacial score (nSPS) is 10.3. The van der Waals surface area contributed by atoms with Crippen LogP contribution in [0.25, 0.3) is 0 Å². The summed E-state index contributed by atoms with van der Waals surface area (Å²) in [7, 11) is 0. The summed E-state index contributed by atoms with van der Waals surface area (Å²) in [4.78, 5) is 23.0. The number of nitro groups is 1. The van der Waals surface area contributed by atoms with Gasteiger partial charge in [0.15, 0.2) is 0 Å². The lowest BCUT2D eigenvalue weighted by atomic mass is 10.1. The zero-order valence-corrected chi connectivity index (χ0v) is 14.1. The number of hydrogen-bond acceptors (Lipinski definition) is 4. The van der Waals surface area contributed by atoms with Gasteiger partial charge in [-0.05, 0) is 37.6 Å². The van der Waals surface area contributed by atoms with Crippen LogP contribution in [0.1, 0.15) is 29.3 Å². The van der Waals surface area contributed by atoms with Crippen molar-refractivity contribution in [3.8, 4) is 5.75 Å². The Morgan fingerprint density at radius 3 is 2.75 bits per heavy atom. The molecule has 0 bridgehead atoms. The second-order valence-electron chi connectivity index (χ2n) is 5.15. The molecule has 126 valence electrons. The van der Waals surface area contributed by atoms with Crippen LogP contribution in [0.15, 0.2) is 36.4 Å². The largest absolute Gasteiger partial charge is 0.491 e. The van der Waals surface area contributed by atoms with E-state index in [1.807, 2.05) is 6.92 Å². The molecule has 0 atom stereocenters. The molecule has 0 saturated heterocycles. The van der Waals surface area contributed by atoms with Gasteiger partial charge in [-0.3, -0.25) is 14.9 Å². The zero-order chi connectivity index (χ0) is 17.7. The number of nitro benzene ring substituents is 1. The van der Waals surface area contributed by atoms with E-state index in [0.717, 1.165) is 6.42 Å². The molecule has 0 aliphatic heterocycles. The van der Waals surface area contributed by atoms with Crippen LogP contribution < -0.4 is 10.1 Å². The minimum absolute atomic E-state index is 0.101. The fourth-order valence-corrected chi connectivity index (χ4v) is 2.37. The molecule has 7 heteroatoms. The molecule has 6 nitrogen and oxygen atoms in total. The van der Waals surface area contributed by atoms with E-state index in [4.69, 9.17) is 16.3 Å². The van der Waals surface area contributed by atoms with Gasteiger partial charge in [0.05, 0.1) is 17.2 Å². The first-order chi connectivity index (χ1) is 11.4. The first-order valence-corrected chi connectivity index (χ1v) is 7.79. The molecule has 2 aromatic carbocycles. The van der Waals surface area contributed by atoms with Crippen LogP contribution in [0.4, 0.5) is 11.4 Å². The Hall–Kier alpha value is -2.60. The molecule has 0 radical (unpaired) electrons. The number of amides is 1. The van der Waals surface area contributed by atoms with Crippen LogP contribution in [0.5, 0.6) is 5.75 Å². The fraction of sp³-hybridized carbons (Fsp3) is 0.235. The Labute approximate surface area is 144 Å². The molecule has 1 amide bonds. The number of ether oxygens (including phenoxy) is 1. The molecule has 2 rings (SSSR count). The van der Waals surface area contributed by atoms with Crippen LogP contribution in [-0.4, -0.2) is 17.4 Å². The third-order valence-corrected chi connectivity index (χ3v) is 3.63. The van der Waals surface area contributed by atoms with Gasteiger partial charge in [0.25, 0.3) is 11.6 Å². The van der Waals surface area contributed by atoms with E-state index in [0.29, 0.717) is 28.6 Å². The Kier molecular flexibility index (Phi) is 5.76. The highest BCUT2D eigenvalue weighted by atomic mass is 35.5. The van der Waals surface area contributed by atoms with E-state index in [9.17, 15) is 14.9 Å². The van der Waals surface area contributed by atoms with Gasteiger partial charge >= 0.3 is 0 Å². The molecule has 24 heavy (non-hydrogen) atoms. The fourth-order valence-electron chi connectivity index (χ4n) is 2.19. The SMILES string of the molecule is CCCOc1ccc(Cl)cc1NC(=O)c1cccc([N+](=O)[O-])c1C. The van der Waals surface area contributed by atoms with E-state index in [2.05, 4.69) is 5.32 Å². The highest BCUT2D eigenvalue weighted by Crippen LogP contribution is 2.29. The summed E-state index contributed by atoms with van der Waals surface area (Å²) in [5.41, 5.74) is 0.853. The van der Waals surface area contributed by atoms with Gasteiger partial charge in [0.1, 0.15) is 5.75 Å². The van der Waals surface area contributed by atoms with Gasteiger partial charge in [0.2, 0.25) is 0 Å². The van der Waals surface area contributed by atoms with Crippen molar-refractivity contribution >= 4 is 28.9 Å². The van der Waals surface area contributed by atoms with Crippen molar-refractivity contribution < 1.29 is 14.5 Å². The van der Waals surface area contributed by atoms with Crippen molar-refractivity contribution in [1.82, 2.24) is 0 Å². The maximum absolute atomic E-state index is 12.5. The van der Waals surface area contributed by atoms with Gasteiger partial charge < -0.3 is 10.1 Å². The quantitative estimate of drug-likeness (QED) is 0.611. The van der Waals surface area contributed by atoms with E-state index < -0.39 is 10.8 Å². The number of anilines is 1. The summed E-state index contributed by atoms with van der Waals surface area (Å²) in [6, 6.07) is 9.30. The lowest BCUT2D eigenvalue weighted by molar-refractivity contribution is -0.385. The molecule has 0 heterocycles. The van der Waals surface area contributed by atoms with Gasteiger partial charge in [-0.15, -0.1) is 0 Å². The maximum Gasteiger partial charge on any atom is 0.273 e. The standard InChI is InChI=1S/C17H17ClN2O4/c1-3-9-24-16-8-7-12(18)10-14(16)19-17(21)13-5-4-6-15(11(13)2)20(22)23/h4-8,10H,3,9H2,1-2H3,(H,19,21). The minimum atomic E-state index is -0.513. The molecule has 0 aromatic heterocycles. The number of hydrogen-bond donors (Lipinski definition) is 1. The number of nitrogens with zero attached hydrogens (tertiary/aromatic N) is 1. The molecular formula is C17H17ClN2O4. The van der Waals surface area contributed by atoms with Crippen LogP contribution in [0.3, 0.4) is 0 Å². The van der Waals surface area contributed by atoms with Crippen LogP contribution in [0, 0.1) is 17.0 Å². The van der Waals surface area contributed by atoms with Crippen molar-refractivity contribution in [2.24, 2.45) is 0 Å². The second kappa shape index (κ2) is 7.79. The molecule has 0 aliphatic rings.